The SMILES string of the molecule is O=C(O)C(F)(F)Cc1cc(F)cc(Br)c1. The van der Waals surface area contributed by atoms with Crippen molar-refractivity contribution in [2.45, 2.75) is 12.3 Å². The highest BCUT2D eigenvalue weighted by molar-refractivity contribution is 9.10. The van der Waals surface area contributed by atoms with Crippen molar-refractivity contribution in [2.75, 3.05) is 0 Å². The number of benzene rings is 1. The fraction of sp³-hybridized carbons (Fsp3) is 0.222. The Morgan fingerprint density at radius 1 is 1.40 bits per heavy atom. The second-order valence-corrected chi connectivity index (χ2v) is 3.88. The zero-order chi connectivity index (χ0) is 11.6. The lowest BCUT2D eigenvalue weighted by Gasteiger charge is -2.11. The first-order chi connectivity index (χ1) is 6.81. The lowest BCUT2D eigenvalue weighted by molar-refractivity contribution is -0.164. The maximum Gasteiger partial charge on any atom is 0.374 e. The average Bonchev–Trinajstić information content (AvgIpc) is 1.99. The lowest BCUT2D eigenvalue weighted by atomic mass is 10.1. The molecule has 0 saturated carbocycles. The van der Waals surface area contributed by atoms with E-state index in [-0.39, 0.29) is 5.56 Å². The minimum Gasteiger partial charge on any atom is -0.477 e. The van der Waals surface area contributed by atoms with E-state index >= 15 is 0 Å². The molecule has 0 aliphatic heterocycles. The van der Waals surface area contributed by atoms with Crippen molar-refractivity contribution in [2.24, 2.45) is 0 Å². The molecule has 1 aromatic rings. The topological polar surface area (TPSA) is 37.3 Å². The molecule has 6 heteroatoms. The Bertz CT molecular complexity index is 373. The first-order valence-corrected chi connectivity index (χ1v) is 4.67. The Labute approximate surface area is 91.8 Å². The first-order valence-electron chi connectivity index (χ1n) is 3.87. The lowest BCUT2D eigenvalue weighted by Crippen LogP contribution is -2.30. The number of carboxylic acids is 1. The summed E-state index contributed by atoms with van der Waals surface area (Å²) >= 11 is 2.93. The van der Waals surface area contributed by atoms with Crippen molar-refractivity contribution in [3.63, 3.8) is 0 Å². The maximum absolute atomic E-state index is 12.8. The van der Waals surface area contributed by atoms with E-state index in [9.17, 15) is 18.0 Å². The number of hydrogen-bond donors (Lipinski definition) is 1. The van der Waals surface area contributed by atoms with Crippen LogP contribution in [-0.2, 0) is 11.2 Å². The van der Waals surface area contributed by atoms with E-state index in [1.54, 1.807) is 0 Å². The van der Waals surface area contributed by atoms with Gasteiger partial charge in [-0.1, -0.05) is 15.9 Å². The number of carbonyl (C=O) groups is 1. The van der Waals surface area contributed by atoms with Crippen LogP contribution in [0.1, 0.15) is 5.56 Å². The Kier molecular flexibility index (Phi) is 3.38. The number of hydrogen-bond acceptors (Lipinski definition) is 1. The molecule has 2 nitrogen and oxygen atoms in total. The van der Waals surface area contributed by atoms with E-state index < -0.39 is 24.1 Å². The molecule has 0 aliphatic rings. The number of halogens is 4. The molecule has 0 aromatic heterocycles. The molecule has 0 spiro atoms. The van der Waals surface area contributed by atoms with Gasteiger partial charge in [0.05, 0.1) is 0 Å². The number of alkyl halides is 2. The Balaban J connectivity index is 2.94. The van der Waals surface area contributed by atoms with Crippen LogP contribution in [0.15, 0.2) is 22.7 Å². The molecule has 0 radical (unpaired) electrons. The molecule has 0 saturated heterocycles. The van der Waals surface area contributed by atoms with Crippen molar-refractivity contribution in [1.82, 2.24) is 0 Å². The standard InChI is InChI=1S/C9H6BrF3O2/c10-6-1-5(2-7(11)3-6)4-9(12,13)8(14)15/h1-3H,4H2,(H,14,15). The maximum atomic E-state index is 12.8. The normalized spacial score (nSPS) is 11.5. The van der Waals surface area contributed by atoms with Gasteiger partial charge in [-0.05, 0) is 23.8 Å². The summed E-state index contributed by atoms with van der Waals surface area (Å²) in [5.41, 5.74) is -0.0747. The molecule has 15 heavy (non-hydrogen) atoms. The van der Waals surface area contributed by atoms with E-state index in [0.717, 1.165) is 12.1 Å². The Morgan fingerprint density at radius 2 is 2.00 bits per heavy atom. The van der Waals surface area contributed by atoms with Crippen molar-refractivity contribution >= 4 is 21.9 Å². The van der Waals surface area contributed by atoms with Crippen LogP contribution in [0.5, 0.6) is 0 Å². The van der Waals surface area contributed by atoms with Gasteiger partial charge in [0.25, 0.3) is 0 Å². The fourth-order valence-electron chi connectivity index (χ4n) is 1.04. The zero-order valence-corrected chi connectivity index (χ0v) is 8.89. The summed E-state index contributed by atoms with van der Waals surface area (Å²) in [6.45, 7) is 0. The number of carboxylic acid groups (broad SMARTS) is 1. The summed E-state index contributed by atoms with van der Waals surface area (Å²) in [6.07, 6.45) is -1.03. The van der Waals surface area contributed by atoms with E-state index in [1.807, 2.05) is 0 Å². The highest BCUT2D eigenvalue weighted by Gasteiger charge is 2.38. The van der Waals surface area contributed by atoms with Gasteiger partial charge in [-0.2, -0.15) is 8.78 Å². The minimum absolute atomic E-state index is 0.0747. The van der Waals surface area contributed by atoms with Crippen molar-refractivity contribution in [3.05, 3.63) is 34.1 Å². The highest BCUT2D eigenvalue weighted by atomic mass is 79.9. The number of rotatable bonds is 3. The van der Waals surface area contributed by atoms with E-state index in [4.69, 9.17) is 5.11 Å². The highest BCUT2D eigenvalue weighted by Crippen LogP contribution is 2.23. The molecular weight excluding hydrogens is 277 g/mol. The van der Waals surface area contributed by atoms with Crippen molar-refractivity contribution in [1.29, 1.82) is 0 Å². The van der Waals surface area contributed by atoms with Crippen LogP contribution in [0.2, 0.25) is 0 Å². The van der Waals surface area contributed by atoms with E-state index in [0.29, 0.717) is 4.47 Å². The molecule has 0 bridgehead atoms. The summed E-state index contributed by atoms with van der Waals surface area (Å²) in [5, 5.41) is 8.19. The van der Waals surface area contributed by atoms with Crippen molar-refractivity contribution in [3.8, 4) is 0 Å². The van der Waals surface area contributed by atoms with Gasteiger partial charge >= 0.3 is 11.9 Å². The van der Waals surface area contributed by atoms with E-state index in [2.05, 4.69) is 15.9 Å². The van der Waals surface area contributed by atoms with Crippen LogP contribution in [0.3, 0.4) is 0 Å². The van der Waals surface area contributed by atoms with Crippen LogP contribution >= 0.6 is 15.9 Å². The van der Waals surface area contributed by atoms with Gasteiger partial charge in [-0.25, -0.2) is 9.18 Å². The molecular formula is C9H6BrF3O2. The average molecular weight is 283 g/mol. The second kappa shape index (κ2) is 4.22. The Hall–Kier alpha value is -1.04. The summed E-state index contributed by atoms with van der Waals surface area (Å²) in [7, 11) is 0. The third-order valence-electron chi connectivity index (χ3n) is 1.66. The van der Waals surface area contributed by atoms with E-state index in [1.165, 1.54) is 6.07 Å². The van der Waals surface area contributed by atoms with Crippen LogP contribution in [0, 0.1) is 5.82 Å². The van der Waals surface area contributed by atoms with Crippen LogP contribution < -0.4 is 0 Å². The van der Waals surface area contributed by atoms with Crippen LogP contribution in [0.25, 0.3) is 0 Å². The van der Waals surface area contributed by atoms with Crippen LogP contribution in [0.4, 0.5) is 13.2 Å². The largest absolute Gasteiger partial charge is 0.477 e. The smallest absolute Gasteiger partial charge is 0.374 e. The van der Waals surface area contributed by atoms with Crippen molar-refractivity contribution < 1.29 is 23.1 Å². The third kappa shape index (κ3) is 3.23. The molecule has 0 amide bonds. The summed E-state index contributed by atoms with van der Waals surface area (Å²) in [4.78, 5) is 10.1. The minimum atomic E-state index is -3.88. The summed E-state index contributed by atoms with van der Waals surface area (Å²) < 4.78 is 38.6. The van der Waals surface area contributed by atoms with Gasteiger partial charge in [0.1, 0.15) is 5.82 Å². The first kappa shape index (κ1) is 12.0. The predicted octanol–water partition coefficient (Wildman–Crippen LogP) is 2.85. The van der Waals surface area contributed by atoms with Gasteiger partial charge in [0, 0.05) is 10.9 Å². The Morgan fingerprint density at radius 3 is 2.47 bits per heavy atom. The number of aliphatic carboxylic acids is 1. The second-order valence-electron chi connectivity index (χ2n) is 2.96. The fourth-order valence-corrected chi connectivity index (χ4v) is 1.56. The third-order valence-corrected chi connectivity index (χ3v) is 2.12. The molecule has 1 N–H and O–H groups in total. The summed E-state index contributed by atoms with van der Waals surface area (Å²) in [5.74, 6) is -6.80. The molecule has 1 rings (SSSR count). The molecule has 0 aliphatic carbocycles. The van der Waals surface area contributed by atoms with Gasteiger partial charge in [0.15, 0.2) is 0 Å². The molecule has 0 fully saturated rings. The molecule has 0 unspecified atom stereocenters. The van der Waals surface area contributed by atoms with Gasteiger partial charge in [-0.3, -0.25) is 0 Å². The van der Waals surface area contributed by atoms with Gasteiger partial charge in [-0.15, -0.1) is 0 Å². The predicted molar refractivity (Wildman–Crippen MR) is 50.4 cm³/mol. The van der Waals surface area contributed by atoms with Gasteiger partial charge < -0.3 is 5.11 Å². The van der Waals surface area contributed by atoms with Gasteiger partial charge in [0.2, 0.25) is 0 Å². The van der Waals surface area contributed by atoms with Crippen LogP contribution in [-0.4, -0.2) is 17.0 Å². The summed E-state index contributed by atoms with van der Waals surface area (Å²) in [6, 6.07) is 3.23. The molecule has 82 valence electrons. The zero-order valence-electron chi connectivity index (χ0n) is 7.31. The molecule has 1 aromatic carbocycles. The molecule has 0 atom stereocenters. The molecule has 0 heterocycles. The quantitative estimate of drug-likeness (QED) is 0.926. The monoisotopic (exact) mass is 282 g/mol.